The molecule has 2 aromatic carbocycles. The lowest BCUT2D eigenvalue weighted by molar-refractivity contribution is -0.118. The number of anilines is 2. The van der Waals surface area contributed by atoms with E-state index in [-0.39, 0.29) is 25.0 Å². The van der Waals surface area contributed by atoms with Crippen LogP contribution in [-0.4, -0.2) is 45.4 Å². The molecule has 0 fully saturated rings. The number of aromatic nitrogens is 4. The summed E-state index contributed by atoms with van der Waals surface area (Å²) in [6.07, 6.45) is 3.25. The number of nitrogens with one attached hydrogen (secondary N) is 2. The number of para-hydroxylation sites is 2. The first-order valence-electron chi connectivity index (χ1n) is 12.2. The molecule has 38 heavy (non-hydrogen) atoms. The number of unbranched alkanes of at least 4 members (excludes halogenated alkanes) is 1. The van der Waals surface area contributed by atoms with E-state index in [1.54, 1.807) is 24.3 Å². The molecule has 2 amide bonds. The van der Waals surface area contributed by atoms with Crippen LogP contribution in [0.4, 0.5) is 10.3 Å². The van der Waals surface area contributed by atoms with Crippen LogP contribution in [0.5, 0.6) is 11.5 Å². The molecular weight excluding hydrogens is 524 g/mol. The van der Waals surface area contributed by atoms with Crippen molar-refractivity contribution >= 4 is 44.8 Å². The Labute approximate surface area is 229 Å². The molecule has 0 aliphatic rings. The molecule has 0 aliphatic heterocycles. The van der Waals surface area contributed by atoms with Crippen LogP contribution in [0, 0.1) is 0 Å². The molecule has 0 radical (unpaired) electrons. The normalized spacial score (nSPS) is 10.2. The number of aryl methyl sites for hydroxylation is 2. The average Bonchev–Trinajstić information content (AvgIpc) is 3.60. The highest BCUT2D eigenvalue weighted by atomic mass is 32.1. The smallest absolute Gasteiger partial charge is 0.264 e. The van der Waals surface area contributed by atoms with E-state index in [2.05, 4.69) is 31.0 Å². The number of amides is 2. The van der Waals surface area contributed by atoms with Gasteiger partial charge in [-0.3, -0.25) is 20.2 Å². The summed E-state index contributed by atoms with van der Waals surface area (Å²) in [7, 11) is 0. The highest BCUT2D eigenvalue weighted by Crippen LogP contribution is 2.20. The third-order valence-corrected chi connectivity index (χ3v) is 6.48. The number of rotatable bonds is 13. The minimum Gasteiger partial charge on any atom is -0.484 e. The fraction of sp³-hybridized carbons (Fsp3) is 0.308. The number of ether oxygens (including phenoxy) is 2. The van der Waals surface area contributed by atoms with E-state index in [9.17, 15) is 9.59 Å². The number of nitrogens with zero attached hydrogens (tertiary/aromatic N) is 4. The third kappa shape index (κ3) is 10.2. The largest absolute Gasteiger partial charge is 0.484 e. The zero-order valence-electron chi connectivity index (χ0n) is 21.3. The van der Waals surface area contributed by atoms with Gasteiger partial charge in [-0.2, -0.15) is 0 Å². The predicted molar refractivity (Wildman–Crippen MR) is 149 cm³/mol. The van der Waals surface area contributed by atoms with Crippen LogP contribution in [0.2, 0.25) is 0 Å². The van der Waals surface area contributed by atoms with E-state index < -0.39 is 0 Å². The van der Waals surface area contributed by atoms with Crippen LogP contribution < -0.4 is 20.1 Å². The molecule has 0 saturated carbocycles. The molecule has 0 saturated heterocycles. The van der Waals surface area contributed by atoms with Gasteiger partial charge in [0, 0.05) is 12.8 Å². The summed E-state index contributed by atoms with van der Waals surface area (Å²) in [6.45, 7) is 3.81. The summed E-state index contributed by atoms with van der Waals surface area (Å²) in [6, 6.07) is 18.3. The van der Waals surface area contributed by atoms with E-state index >= 15 is 0 Å². The summed E-state index contributed by atoms with van der Waals surface area (Å²) in [5.41, 5.74) is 0. The Bertz CT molecular complexity index is 1150. The minimum atomic E-state index is -0.285. The zero-order valence-corrected chi connectivity index (χ0v) is 22.9. The van der Waals surface area contributed by atoms with Gasteiger partial charge in [-0.25, -0.2) is 0 Å². The van der Waals surface area contributed by atoms with Crippen LogP contribution in [0.25, 0.3) is 0 Å². The van der Waals surface area contributed by atoms with Gasteiger partial charge in [0.25, 0.3) is 11.8 Å². The first-order chi connectivity index (χ1) is 18.6. The highest BCUT2D eigenvalue weighted by molar-refractivity contribution is 7.15. The van der Waals surface area contributed by atoms with Crippen molar-refractivity contribution in [3.63, 3.8) is 0 Å². The molecule has 0 aliphatic carbocycles. The van der Waals surface area contributed by atoms with E-state index in [1.807, 2.05) is 50.2 Å². The number of hydrogen-bond donors (Lipinski definition) is 2. The van der Waals surface area contributed by atoms with E-state index in [4.69, 9.17) is 9.47 Å². The van der Waals surface area contributed by atoms with Crippen LogP contribution in [0.15, 0.2) is 60.7 Å². The van der Waals surface area contributed by atoms with Crippen LogP contribution >= 0.6 is 22.7 Å². The van der Waals surface area contributed by atoms with E-state index in [0.717, 1.165) is 35.7 Å². The predicted octanol–water partition coefficient (Wildman–Crippen LogP) is 5.02. The Hall–Kier alpha value is -3.90. The fourth-order valence-corrected chi connectivity index (χ4v) is 4.60. The van der Waals surface area contributed by atoms with Crippen molar-refractivity contribution in [1.29, 1.82) is 0 Å². The van der Waals surface area contributed by atoms with Crippen molar-refractivity contribution in [3.8, 4) is 11.5 Å². The number of carbonyl (C=O) groups is 2. The maximum absolute atomic E-state index is 12.0. The minimum absolute atomic E-state index is 0.0940. The molecule has 200 valence electrons. The summed E-state index contributed by atoms with van der Waals surface area (Å²) in [5.74, 6) is 0.694. The Morgan fingerprint density at radius 1 is 0.658 bits per heavy atom. The lowest BCUT2D eigenvalue weighted by Gasteiger charge is -2.04. The number of hydrogen-bond acceptors (Lipinski definition) is 10. The van der Waals surface area contributed by atoms with Gasteiger partial charge in [-0.05, 0) is 37.1 Å². The molecule has 0 bridgehead atoms. The van der Waals surface area contributed by atoms with Gasteiger partial charge >= 0.3 is 0 Å². The van der Waals surface area contributed by atoms with Crippen molar-refractivity contribution < 1.29 is 19.1 Å². The standard InChI is InChI=1S/C24H24N6O4S2.C2H6/c31-19(15-33-17-9-3-1-4-10-17)25-23-29-27-21(35-23)13-7-8-14-22-28-30-24(36-22)26-20(32)16-34-18-11-5-2-6-12-18;1-2/h1-6,9-12H,7-8,13-16H2,(H,25,29,31)(H,26,30,32);1-2H3. The second-order valence-electron chi connectivity index (χ2n) is 7.51. The van der Waals surface area contributed by atoms with Gasteiger partial charge in [-0.1, -0.05) is 72.9 Å². The van der Waals surface area contributed by atoms with Gasteiger partial charge in [0.15, 0.2) is 13.2 Å². The average molecular weight is 555 g/mol. The van der Waals surface area contributed by atoms with E-state index in [1.165, 1.54) is 22.7 Å². The van der Waals surface area contributed by atoms with Crippen molar-refractivity contribution in [2.24, 2.45) is 0 Å². The SMILES string of the molecule is CC.O=C(COc1ccccc1)Nc1nnc(CCCCc2nnc(NC(=O)COc3ccccc3)s2)s1. The van der Waals surface area contributed by atoms with Gasteiger partial charge in [0.2, 0.25) is 10.3 Å². The quantitative estimate of drug-likeness (QED) is 0.221. The second kappa shape index (κ2) is 16.0. The molecule has 0 atom stereocenters. The zero-order chi connectivity index (χ0) is 27.0. The van der Waals surface area contributed by atoms with Crippen LogP contribution in [0.1, 0.15) is 36.7 Å². The van der Waals surface area contributed by atoms with Crippen molar-refractivity contribution in [2.45, 2.75) is 39.5 Å². The second-order valence-corrected chi connectivity index (χ2v) is 9.63. The van der Waals surface area contributed by atoms with Gasteiger partial charge in [0.05, 0.1) is 0 Å². The highest BCUT2D eigenvalue weighted by Gasteiger charge is 2.11. The van der Waals surface area contributed by atoms with Gasteiger partial charge in [-0.15, -0.1) is 20.4 Å². The Morgan fingerprint density at radius 3 is 1.45 bits per heavy atom. The lowest BCUT2D eigenvalue weighted by atomic mass is 10.2. The fourth-order valence-electron chi connectivity index (χ4n) is 3.00. The molecule has 10 nitrogen and oxygen atoms in total. The molecule has 0 unspecified atom stereocenters. The summed E-state index contributed by atoms with van der Waals surface area (Å²) in [4.78, 5) is 24.1. The maximum Gasteiger partial charge on any atom is 0.264 e. The monoisotopic (exact) mass is 554 g/mol. The maximum atomic E-state index is 12.0. The van der Waals surface area contributed by atoms with Gasteiger partial charge < -0.3 is 9.47 Å². The van der Waals surface area contributed by atoms with Crippen molar-refractivity contribution in [2.75, 3.05) is 23.8 Å². The van der Waals surface area contributed by atoms with Crippen LogP contribution in [0.3, 0.4) is 0 Å². The summed E-state index contributed by atoms with van der Waals surface area (Å²) < 4.78 is 10.9. The lowest BCUT2D eigenvalue weighted by Crippen LogP contribution is -2.20. The Morgan fingerprint density at radius 2 is 1.05 bits per heavy atom. The molecule has 4 rings (SSSR count). The molecular formula is C26H30N6O4S2. The number of benzene rings is 2. The molecule has 2 heterocycles. The van der Waals surface area contributed by atoms with Crippen molar-refractivity contribution in [3.05, 3.63) is 70.7 Å². The third-order valence-electron chi connectivity index (χ3n) is 4.68. The van der Waals surface area contributed by atoms with Crippen molar-refractivity contribution in [1.82, 2.24) is 20.4 Å². The topological polar surface area (TPSA) is 128 Å². The molecule has 0 spiro atoms. The van der Waals surface area contributed by atoms with Crippen LogP contribution in [-0.2, 0) is 22.4 Å². The molecule has 2 aromatic heterocycles. The first-order valence-corrected chi connectivity index (χ1v) is 13.9. The summed E-state index contributed by atoms with van der Waals surface area (Å²) >= 11 is 2.70. The molecule has 4 aromatic rings. The number of carbonyl (C=O) groups excluding carboxylic acids is 2. The van der Waals surface area contributed by atoms with Gasteiger partial charge in [0.1, 0.15) is 21.5 Å². The Balaban J connectivity index is 0.00000195. The summed E-state index contributed by atoms with van der Waals surface area (Å²) in [5, 5.41) is 24.3. The first kappa shape index (κ1) is 28.7. The molecule has 2 N–H and O–H groups in total. The molecule has 12 heteroatoms. The van der Waals surface area contributed by atoms with E-state index in [0.29, 0.717) is 21.8 Å². The Kier molecular flexibility index (Phi) is 12.1.